The van der Waals surface area contributed by atoms with Crippen LogP contribution >= 0.6 is 11.6 Å². The second-order valence-corrected chi connectivity index (χ2v) is 7.21. The molecular weight excluding hydrogens is 330 g/mol. The molecule has 7 heteroatoms. The van der Waals surface area contributed by atoms with Crippen molar-refractivity contribution in [2.45, 2.75) is 32.6 Å². The van der Waals surface area contributed by atoms with E-state index in [2.05, 4.69) is 4.98 Å². The number of carbonyl (C=O) groups is 2. The van der Waals surface area contributed by atoms with Crippen LogP contribution in [0.25, 0.3) is 0 Å². The van der Waals surface area contributed by atoms with Gasteiger partial charge in [0.25, 0.3) is 11.5 Å². The number of nitrogens with zero attached hydrogens (tertiary/aromatic N) is 2. The number of likely N-dealkylation sites (tertiary alicyclic amines) is 2. The van der Waals surface area contributed by atoms with Gasteiger partial charge in [0.2, 0.25) is 5.91 Å². The predicted molar refractivity (Wildman–Crippen MR) is 91.1 cm³/mol. The first-order valence-electron chi connectivity index (χ1n) is 8.39. The van der Waals surface area contributed by atoms with Crippen LogP contribution in [-0.4, -0.2) is 52.8 Å². The van der Waals surface area contributed by atoms with E-state index >= 15 is 0 Å². The van der Waals surface area contributed by atoms with Gasteiger partial charge in [-0.2, -0.15) is 0 Å². The Morgan fingerprint density at radius 2 is 2.12 bits per heavy atom. The lowest BCUT2D eigenvalue weighted by Crippen LogP contribution is -2.55. The summed E-state index contributed by atoms with van der Waals surface area (Å²) in [5.74, 6) is 0.0890. The molecule has 0 radical (unpaired) electrons. The number of H-pyrrole nitrogens is 1. The molecular formula is C17H22ClN3O3. The van der Waals surface area contributed by atoms with Crippen LogP contribution in [0.1, 0.15) is 43.0 Å². The third-order valence-electron chi connectivity index (χ3n) is 5.18. The molecule has 1 spiro atoms. The molecule has 2 amide bonds. The summed E-state index contributed by atoms with van der Waals surface area (Å²) < 4.78 is 0. The fraction of sp³-hybridized carbons (Fsp3) is 0.588. The van der Waals surface area contributed by atoms with Crippen molar-refractivity contribution >= 4 is 23.4 Å². The summed E-state index contributed by atoms with van der Waals surface area (Å²) in [5, 5.41) is 0.0213. The SMILES string of the molecule is CCN1C[C@]2(CCCN(C(=O)c3c[nH]c(=O)c(Cl)c3)C2)CCC1=O. The quantitative estimate of drug-likeness (QED) is 0.884. The second-order valence-electron chi connectivity index (χ2n) is 6.80. The highest BCUT2D eigenvalue weighted by Crippen LogP contribution is 2.39. The van der Waals surface area contributed by atoms with Crippen molar-refractivity contribution < 1.29 is 9.59 Å². The van der Waals surface area contributed by atoms with Crippen molar-refractivity contribution in [3.63, 3.8) is 0 Å². The third kappa shape index (κ3) is 3.20. The number of amides is 2. The standard InChI is InChI=1S/C17H22ClN3O3/c1-2-20-10-17(6-4-14(20)22)5-3-7-21(11-17)16(24)12-8-13(18)15(23)19-9-12/h8-9H,2-7,10-11H2,1H3,(H,19,23)/t17-/m0/s1. The zero-order valence-electron chi connectivity index (χ0n) is 13.8. The Morgan fingerprint density at radius 3 is 2.83 bits per heavy atom. The van der Waals surface area contributed by atoms with Crippen molar-refractivity contribution in [1.29, 1.82) is 0 Å². The average molecular weight is 352 g/mol. The van der Waals surface area contributed by atoms with Gasteiger partial charge in [-0.25, -0.2) is 0 Å². The summed E-state index contributed by atoms with van der Waals surface area (Å²) in [6.07, 6.45) is 4.76. The van der Waals surface area contributed by atoms with E-state index in [1.807, 2.05) is 16.7 Å². The highest BCUT2D eigenvalue weighted by molar-refractivity contribution is 6.30. The highest BCUT2D eigenvalue weighted by Gasteiger charge is 2.42. The monoisotopic (exact) mass is 351 g/mol. The first kappa shape index (κ1) is 17.0. The van der Waals surface area contributed by atoms with E-state index in [1.54, 1.807) is 0 Å². The van der Waals surface area contributed by atoms with Crippen molar-refractivity contribution in [3.8, 4) is 0 Å². The number of aromatic nitrogens is 1. The minimum Gasteiger partial charge on any atom is -0.342 e. The van der Waals surface area contributed by atoms with Gasteiger partial charge in [-0.1, -0.05) is 11.6 Å². The third-order valence-corrected chi connectivity index (χ3v) is 5.46. The number of aromatic amines is 1. The number of rotatable bonds is 2. The summed E-state index contributed by atoms with van der Waals surface area (Å²) >= 11 is 5.83. The van der Waals surface area contributed by atoms with E-state index in [4.69, 9.17) is 11.6 Å². The summed E-state index contributed by atoms with van der Waals surface area (Å²) in [6.45, 7) is 4.76. The Bertz CT molecular complexity index is 717. The number of halogens is 1. The van der Waals surface area contributed by atoms with Crippen LogP contribution in [0.4, 0.5) is 0 Å². The lowest BCUT2D eigenvalue weighted by Gasteiger charge is -2.48. The fourth-order valence-electron chi connectivity index (χ4n) is 3.87. The van der Waals surface area contributed by atoms with Crippen LogP contribution in [0.2, 0.25) is 5.02 Å². The molecule has 6 nitrogen and oxygen atoms in total. The van der Waals surface area contributed by atoms with Gasteiger partial charge < -0.3 is 14.8 Å². The molecule has 130 valence electrons. The number of carbonyl (C=O) groups excluding carboxylic acids is 2. The molecule has 0 saturated carbocycles. The molecule has 2 fully saturated rings. The summed E-state index contributed by atoms with van der Waals surface area (Å²) in [6, 6.07) is 1.42. The number of pyridine rings is 1. The van der Waals surface area contributed by atoms with Crippen LogP contribution in [0.5, 0.6) is 0 Å². The van der Waals surface area contributed by atoms with Crippen molar-refractivity contribution in [2.75, 3.05) is 26.2 Å². The molecule has 1 aromatic rings. The summed E-state index contributed by atoms with van der Waals surface area (Å²) in [4.78, 5) is 42.3. The topological polar surface area (TPSA) is 73.5 Å². The van der Waals surface area contributed by atoms with Crippen LogP contribution in [0.3, 0.4) is 0 Å². The molecule has 2 saturated heterocycles. The first-order chi connectivity index (χ1) is 11.4. The maximum atomic E-state index is 12.8. The lowest BCUT2D eigenvalue weighted by molar-refractivity contribution is -0.138. The Morgan fingerprint density at radius 1 is 1.33 bits per heavy atom. The van der Waals surface area contributed by atoms with Gasteiger partial charge in [0, 0.05) is 44.2 Å². The summed E-state index contributed by atoms with van der Waals surface area (Å²) in [7, 11) is 0. The van der Waals surface area contributed by atoms with Crippen LogP contribution in [0, 0.1) is 5.41 Å². The fourth-order valence-corrected chi connectivity index (χ4v) is 4.04. The molecule has 3 heterocycles. The zero-order valence-corrected chi connectivity index (χ0v) is 14.6. The van der Waals surface area contributed by atoms with Crippen LogP contribution < -0.4 is 5.56 Å². The summed E-state index contributed by atoms with van der Waals surface area (Å²) in [5.41, 5.74) is -0.00678. The van der Waals surface area contributed by atoms with Crippen LogP contribution in [-0.2, 0) is 4.79 Å². The molecule has 0 aliphatic carbocycles. The number of nitrogens with one attached hydrogen (secondary N) is 1. The van der Waals surface area contributed by atoms with Crippen molar-refractivity contribution in [1.82, 2.24) is 14.8 Å². The van der Waals surface area contributed by atoms with Gasteiger partial charge >= 0.3 is 0 Å². The highest BCUT2D eigenvalue weighted by atomic mass is 35.5. The molecule has 0 bridgehead atoms. The molecule has 1 N–H and O–H groups in total. The smallest absolute Gasteiger partial charge is 0.266 e. The molecule has 0 aromatic carbocycles. The molecule has 3 rings (SSSR count). The van der Waals surface area contributed by atoms with E-state index in [0.717, 1.165) is 25.8 Å². The molecule has 2 aliphatic heterocycles. The molecule has 0 unspecified atom stereocenters. The van der Waals surface area contributed by atoms with Gasteiger partial charge in [-0.15, -0.1) is 0 Å². The molecule has 1 aromatic heterocycles. The van der Waals surface area contributed by atoms with E-state index in [9.17, 15) is 14.4 Å². The zero-order chi connectivity index (χ0) is 17.3. The normalized spacial score (nSPS) is 24.5. The van der Waals surface area contributed by atoms with Crippen molar-refractivity contribution in [2.24, 2.45) is 5.41 Å². The molecule has 24 heavy (non-hydrogen) atoms. The maximum Gasteiger partial charge on any atom is 0.266 e. The second kappa shape index (κ2) is 6.59. The minimum absolute atomic E-state index is 0.0101. The Balaban J connectivity index is 1.77. The van der Waals surface area contributed by atoms with Gasteiger partial charge in [0.1, 0.15) is 5.02 Å². The van der Waals surface area contributed by atoms with E-state index in [0.29, 0.717) is 31.6 Å². The minimum atomic E-state index is -0.396. The first-order valence-corrected chi connectivity index (χ1v) is 8.77. The Labute approximate surface area is 145 Å². The maximum absolute atomic E-state index is 12.8. The average Bonchev–Trinajstić information content (AvgIpc) is 2.59. The number of hydrogen-bond donors (Lipinski definition) is 1. The van der Waals surface area contributed by atoms with E-state index in [-0.39, 0.29) is 22.3 Å². The Hall–Kier alpha value is -1.82. The lowest BCUT2D eigenvalue weighted by atomic mass is 9.73. The molecule has 1 atom stereocenters. The van der Waals surface area contributed by atoms with Gasteiger partial charge in [-0.3, -0.25) is 14.4 Å². The van der Waals surface area contributed by atoms with Crippen molar-refractivity contribution in [3.05, 3.63) is 33.2 Å². The Kier molecular flexibility index (Phi) is 4.67. The van der Waals surface area contributed by atoms with Gasteiger partial charge in [0.15, 0.2) is 0 Å². The van der Waals surface area contributed by atoms with Crippen LogP contribution in [0.15, 0.2) is 17.1 Å². The predicted octanol–water partition coefficient (Wildman–Crippen LogP) is 1.89. The number of hydrogen-bond acceptors (Lipinski definition) is 3. The van der Waals surface area contributed by atoms with Gasteiger partial charge in [0.05, 0.1) is 5.56 Å². The molecule has 2 aliphatic rings. The van der Waals surface area contributed by atoms with Gasteiger partial charge in [-0.05, 0) is 32.3 Å². The van der Waals surface area contributed by atoms with E-state index < -0.39 is 5.56 Å². The largest absolute Gasteiger partial charge is 0.342 e. The van der Waals surface area contributed by atoms with E-state index in [1.165, 1.54) is 12.3 Å². The number of piperidine rings is 2.